The first-order valence-electron chi connectivity index (χ1n) is 4.75. The average Bonchev–Trinajstić information content (AvgIpc) is 2.20. The van der Waals surface area contributed by atoms with Crippen LogP contribution in [-0.4, -0.2) is 23.9 Å². The number of likely N-dealkylation sites (N-methyl/N-ethyl adjacent to an activating group) is 1. The van der Waals surface area contributed by atoms with Gasteiger partial charge in [-0.25, -0.2) is 0 Å². The number of benzene rings is 1. The maximum absolute atomic E-state index is 11.5. The third kappa shape index (κ3) is 4.39. The summed E-state index contributed by atoms with van der Waals surface area (Å²) in [5, 5.41) is 0.694. The number of hydrogen-bond acceptors (Lipinski definition) is 2. The van der Waals surface area contributed by atoms with E-state index in [1.807, 2.05) is 12.1 Å². The molecule has 0 fully saturated rings. The van der Waals surface area contributed by atoms with Crippen molar-refractivity contribution >= 4 is 29.9 Å². The Morgan fingerprint density at radius 1 is 1.44 bits per heavy atom. The fourth-order valence-corrected chi connectivity index (χ4v) is 1.42. The molecule has 0 aromatic heterocycles. The quantitative estimate of drug-likeness (QED) is 0.907. The molecule has 5 heteroatoms. The summed E-state index contributed by atoms with van der Waals surface area (Å²) in [5.41, 5.74) is 6.54. The van der Waals surface area contributed by atoms with Crippen molar-refractivity contribution in [3.63, 3.8) is 0 Å². The second-order valence-corrected chi connectivity index (χ2v) is 4.05. The fraction of sp³-hybridized carbons (Fsp3) is 0.364. The highest BCUT2D eigenvalue weighted by Gasteiger charge is 2.13. The van der Waals surface area contributed by atoms with Crippen molar-refractivity contribution in [3.8, 4) is 0 Å². The van der Waals surface area contributed by atoms with Gasteiger partial charge in [0, 0.05) is 18.6 Å². The number of halogens is 2. The maximum atomic E-state index is 11.5. The number of nitrogens with zero attached hydrogens (tertiary/aromatic N) is 1. The van der Waals surface area contributed by atoms with Crippen molar-refractivity contribution in [2.75, 3.05) is 7.05 Å². The summed E-state index contributed by atoms with van der Waals surface area (Å²) in [6.45, 7) is 2.23. The first-order valence-corrected chi connectivity index (χ1v) is 5.13. The Morgan fingerprint density at radius 3 is 2.38 bits per heavy atom. The van der Waals surface area contributed by atoms with E-state index in [1.165, 1.54) is 0 Å². The molecule has 0 bridgehead atoms. The Bertz CT molecular complexity index is 338. The van der Waals surface area contributed by atoms with Crippen LogP contribution in [0.1, 0.15) is 12.5 Å². The van der Waals surface area contributed by atoms with Crippen LogP contribution in [0.15, 0.2) is 24.3 Å². The zero-order valence-corrected chi connectivity index (χ0v) is 10.9. The second kappa shape index (κ2) is 6.74. The predicted molar refractivity (Wildman–Crippen MR) is 68.8 cm³/mol. The lowest BCUT2D eigenvalue weighted by Gasteiger charge is -2.19. The van der Waals surface area contributed by atoms with Crippen molar-refractivity contribution in [3.05, 3.63) is 34.9 Å². The lowest BCUT2D eigenvalue weighted by Crippen LogP contribution is -2.39. The molecule has 1 atom stereocenters. The van der Waals surface area contributed by atoms with Crippen LogP contribution in [-0.2, 0) is 11.3 Å². The normalized spacial score (nSPS) is 11.5. The van der Waals surface area contributed by atoms with E-state index in [2.05, 4.69) is 0 Å². The zero-order chi connectivity index (χ0) is 11.4. The van der Waals surface area contributed by atoms with Gasteiger partial charge < -0.3 is 10.6 Å². The van der Waals surface area contributed by atoms with Crippen LogP contribution in [0.5, 0.6) is 0 Å². The molecule has 16 heavy (non-hydrogen) atoms. The molecule has 0 radical (unpaired) electrons. The molecule has 0 heterocycles. The summed E-state index contributed by atoms with van der Waals surface area (Å²) in [6, 6.07) is 6.95. The standard InChI is InChI=1S/C11H15ClN2O.ClH/c1-8(13)11(15)14(2)7-9-3-5-10(12)6-4-9;/h3-6,8H,7,13H2,1-2H3;1H. The van der Waals surface area contributed by atoms with Crippen LogP contribution in [0.2, 0.25) is 5.02 Å². The molecule has 0 saturated carbocycles. The Balaban J connectivity index is 0.00000225. The molecule has 0 aliphatic rings. The lowest BCUT2D eigenvalue weighted by molar-refractivity contribution is -0.131. The van der Waals surface area contributed by atoms with Gasteiger partial charge in [-0.05, 0) is 24.6 Å². The van der Waals surface area contributed by atoms with Gasteiger partial charge in [-0.2, -0.15) is 0 Å². The highest BCUT2D eigenvalue weighted by Crippen LogP contribution is 2.11. The van der Waals surface area contributed by atoms with E-state index in [0.29, 0.717) is 11.6 Å². The molecular weight excluding hydrogens is 247 g/mol. The van der Waals surface area contributed by atoms with Gasteiger partial charge in [0.15, 0.2) is 0 Å². The molecule has 1 unspecified atom stereocenters. The molecule has 3 nitrogen and oxygen atoms in total. The smallest absolute Gasteiger partial charge is 0.239 e. The van der Waals surface area contributed by atoms with Gasteiger partial charge in [0.25, 0.3) is 0 Å². The molecule has 0 aliphatic carbocycles. The van der Waals surface area contributed by atoms with E-state index in [4.69, 9.17) is 17.3 Å². The van der Waals surface area contributed by atoms with Crippen LogP contribution in [0.4, 0.5) is 0 Å². The molecule has 0 aliphatic heterocycles. The number of hydrogen-bond donors (Lipinski definition) is 1. The van der Waals surface area contributed by atoms with Gasteiger partial charge in [-0.1, -0.05) is 23.7 Å². The van der Waals surface area contributed by atoms with Crippen molar-refractivity contribution in [2.24, 2.45) is 5.73 Å². The van der Waals surface area contributed by atoms with Gasteiger partial charge in [-0.15, -0.1) is 12.4 Å². The molecule has 90 valence electrons. The Labute approximate surface area is 107 Å². The van der Waals surface area contributed by atoms with Gasteiger partial charge in [-0.3, -0.25) is 4.79 Å². The van der Waals surface area contributed by atoms with Gasteiger partial charge >= 0.3 is 0 Å². The SMILES string of the molecule is CC(N)C(=O)N(C)Cc1ccc(Cl)cc1.Cl. The highest BCUT2D eigenvalue weighted by atomic mass is 35.5. The van der Waals surface area contributed by atoms with E-state index in [9.17, 15) is 4.79 Å². The third-order valence-corrected chi connectivity index (χ3v) is 2.35. The summed E-state index contributed by atoms with van der Waals surface area (Å²) in [4.78, 5) is 13.1. The Hall–Kier alpha value is -0.770. The summed E-state index contributed by atoms with van der Waals surface area (Å²) in [7, 11) is 1.74. The number of nitrogens with two attached hydrogens (primary N) is 1. The molecule has 2 N–H and O–H groups in total. The number of amides is 1. The molecule has 1 rings (SSSR count). The number of carbonyl (C=O) groups excluding carboxylic acids is 1. The fourth-order valence-electron chi connectivity index (χ4n) is 1.29. The lowest BCUT2D eigenvalue weighted by atomic mass is 10.2. The largest absolute Gasteiger partial charge is 0.340 e. The van der Waals surface area contributed by atoms with Crippen molar-refractivity contribution in [2.45, 2.75) is 19.5 Å². The molecule has 0 saturated heterocycles. The predicted octanol–water partition coefficient (Wildman–Crippen LogP) is 2.07. The van der Waals surface area contributed by atoms with Crippen molar-refractivity contribution < 1.29 is 4.79 Å². The van der Waals surface area contributed by atoms with Crippen LogP contribution >= 0.6 is 24.0 Å². The summed E-state index contributed by atoms with van der Waals surface area (Å²) in [6.07, 6.45) is 0. The van der Waals surface area contributed by atoms with Crippen molar-refractivity contribution in [1.29, 1.82) is 0 Å². The number of rotatable bonds is 3. The van der Waals surface area contributed by atoms with Gasteiger partial charge in [0.2, 0.25) is 5.91 Å². The third-order valence-electron chi connectivity index (χ3n) is 2.10. The molecule has 1 aromatic carbocycles. The topological polar surface area (TPSA) is 46.3 Å². The second-order valence-electron chi connectivity index (χ2n) is 3.61. The first-order chi connectivity index (χ1) is 7.00. The molecule has 0 spiro atoms. The summed E-state index contributed by atoms with van der Waals surface area (Å²) >= 11 is 5.76. The van der Waals surface area contributed by atoms with E-state index in [0.717, 1.165) is 5.56 Å². The van der Waals surface area contributed by atoms with E-state index in [-0.39, 0.29) is 18.3 Å². The molecule has 1 aromatic rings. The molecule has 1 amide bonds. The van der Waals surface area contributed by atoms with Gasteiger partial charge in [0.1, 0.15) is 0 Å². The minimum absolute atomic E-state index is 0. The van der Waals surface area contributed by atoms with E-state index in [1.54, 1.807) is 31.0 Å². The molecular formula is C11H16Cl2N2O. The maximum Gasteiger partial charge on any atom is 0.239 e. The van der Waals surface area contributed by atoms with E-state index >= 15 is 0 Å². The minimum Gasteiger partial charge on any atom is -0.340 e. The Kier molecular flexibility index (Phi) is 6.41. The average molecular weight is 263 g/mol. The zero-order valence-electron chi connectivity index (χ0n) is 9.31. The van der Waals surface area contributed by atoms with Crippen LogP contribution in [0, 0.1) is 0 Å². The summed E-state index contributed by atoms with van der Waals surface area (Å²) in [5.74, 6) is -0.0649. The van der Waals surface area contributed by atoms with Crippen LogP contribution in [0.3, 0.4) is 0 Å². The van der Waals surface area contributed by atoms with Crippen molar-refractivity contribution in [1.82, 2.24) is 4.90 Å². The Morgan fingerprint density at radius 2 is 1.94 bits per heavy atom. The van der Waals surface area contributed by atoms with Gasteiger partial charge in [0.05, 0.1) is 6.04 Å². The highest BCUT2D eigenvalue weighted by molar-refractivity contribution is 6.30. The van der Waals surface area contributed by atoms with Crippen LogP contribution in [0.25, 0.3) is 0 Å². The first kappa shape index (κ1) is 15.2. The summed E-state index contributed by atoms with van der Waals surface area (Å²) < 4.78 is 0. The number of carbonyl (C=O) groups is 1. The monoisotopic (exact) mass is 262 g/mol. The van der Waals surface area contributed by atoms with Crippen LogP contribution < -0.4 is 5.73 Å². The van der Waals surface area contributed by atoms with E-state index < -0.39 is 6.04 Å². The minimum atomic E-state index is -0.456.